The van der Waals surface area contributed by atoms with Crippen LogP contribution in [-0.2, 0) is 0 Å². The van der Waals surface area contributed by atoms with Crippen LogP contribution in [0, 0.1) is 11.3 Å². The highest BCUT2D eigenvalue weighted by Crippen LogP contribution is 2.35. The Kier molecular flexibility index (Phi) is 3.62. The Labute approximate surface area is 110 Å². The largest absolute Gasteiger partial charge is 0.356 e. The topological polar surface area (TPSA) is 42.1 Å². The number of hydrogen-bond acceptors (Lipinski definition) is 3. The van der Waals surface area contributed by atoms with Gasteiger partial charge in [0, 0.05) is 25.3 Å². The van der Waals surface area contributed by atoms with Gasteiger partial charge in [-0.15, -0.1) is 0 Å². The third-order valence-electron chi connectivity index (χ3n) is 4.03. The lowest BCUT2D eigenvalue weighted by molar-refractivity contribution is 0.263. The molecule has 2 rings (SSSR count). The summed E-state index contributed by atoms with van der Waals surface area (Å²) < 4.78 is 0. The molecule has 0 bridgehead atoms. The first-order valence-electron chi connectivity index (χ1n) is 6.84. The number of anilines is 1. The summed E-state index contributed by atoms with van der Waals surface area (Å²) in [5.41, 5.74) is 7.33. The lowest BCUT2D eigenvalue weighted by Gasteiger charge is -2.27. The number of rotatable bonds is 2. The molecule has 1 aliphatic rings. The molecule has 1 saturated heterocycles. The predicted molar refractivity (Wildman–Crippen MR) is 76.6 cm³/mol. The number of hydrogen-bond donors (Lipinski definition) is 1. The molecule has 1 aromatic rings. The number of nitrogens with zero attached hydrogens (tertiary/aromatic N) is 2. The van der Waals surface area contributed by atoms with E-state index >= 15 is 0 Å². The molecule has 3 heteroatoms. The Hall–Kier alpha value is -1.09. The first kappa shape index (κ1) is 13.3. The number of aromatic nitrogens is 1. The molecule has 2 unspecified atom stereocenters. The minimum atomic E-state index is 0.0625. The van der Waals surface area contributed by atoms with Gasteiger partial charge in [-0.3, -0.25) is 0 Å². The third kappa shape index (κ3) is 2.83. The first-order chi connectivity index (χ1) is 8.38. The zero-order valence-corrected chi connectivity index (χ0v) is 12.0. The molecule has 100 valence electrons. The van der Waals surface area contributed by atoms with E-state index in [4.69, 9.17) is 5.73 Å². The van der Waals surface area contributed by atoms with E-state index in [1.165, 1.54) is 6.42 Å². The molecule has 1 fully saturated rings. The molecule has 1 aliphatic heterocycles. The van der Waals surface area contributed by atoms with Gasteiger partial charge >= 0.3 is 0 Å². The highest BCUT2D eigenvalue weighted by atomic mass is 15.2. The summed E-state index contributed by atoms with van der Waals surface area (Å²) >= 11 is 0. The second-order valence-corrected chi connectivity index (χ2v) is 6.54. The van der Waals surface area contributed by atoms with Crippen molar-refractivity contribution in [2.24, 2.45) is 17.1 Å². The molecule has 0 radical (unpaired) electrons. The Bertz CT molecular complexity index is 389. The second-order valence-electron chi connectivity index (χ2n) is 6.54. The van der Waals surface area contributed by atoms with E-state index in [0.717, 1.165) is 30.4 Å². The van der Waals surface area contributed by atoms with Crippen LogP contribution in [0.1, 0.15) is 45.7 Å². The van der Waals surface area contributed by atoms with E-state index in [-0.39, 0.29) is 6.04 Å². The van der Waals surface area contributed by atoms with Crippen LogP contribution in [0.25, 0.3) is 0 Å². The lowest BCUT2D eigenvalue weighted by Crippen LogP contribution is -2.26. The van der Waals surface area contributed by atoms with Crippen LogP contribution in [0.3, 0.4) is 0 Å². The first-order valence-corrected chi connectivity index (χ1v) is 6.84. The van der Waals surface area contributed by atoms with Crippen LogP contribution in [0.4, 0.5) is 5.82 Å². The van der Waals surface area contributed by atoms with E-state index in [2.05, 4.69) is 42.8 Å². The van der Waals surface area contributed by atoms with Gasteiger partial charge in [-0.2, -0.15) is 0 Å². The summed E-state index contributed by atoms with van der Waals surface area (Å²) in [7, 11) is 0. The highest BCUT2D eigenvalue weighted by Gasteiger charge is 2.32. The van der Waals surface area contributed by atoms with E-state index in [9.17, 15) is 0 Å². The van der Waals surface area contributed by atoms with Crippen LogP contribution >= 0.6 is 0 Å². The lowest BCUT2D eigenvalue weighted by atomic mass is 9.80. The molecule has 0 aromatic carbocycles. The molecule has 2 N–H and O–H groups in total. The maximum Gasteiger partial charge on any atom is 0.128 e. The Morgan fingerprint density at radius 3 is 2.56 bits per heavy atom. The minimum Gasteiger partial charge on any atom is -0.356 e. The fourth-order valence-corrected chi connectivity index (χ4v) is 2.53. The minimum absolute atomic E-state index is 0.0625. The number of pyridine rings is 1. The van der Waals surface area contributed by atoms with Crippen molar-refractivity contribution in [2.45, 2.75) is 40.2 Å². The van der Waals surface area contributed by atoms with Crippen molar-refractivity contribution in [1.82, 2.24) is 4.98 Å². The molecule has 18 heavy (non-hydrogen) atoms. The van der Waals surface area contributed by atoms with Crippen molar-refractivity contribution in [3.05, 3.63) is 23.9 Å². The zero-order chi connectivity index (χ0) is 13.3. The third-order valence-corrected chi connectivity index (χ3v) is 4.03. The molecule has 0 saturated carbocycles. The Balaban J connectivity index is 2.05. The van der Waals surface area contributed by atoms with Gasteiger partial charge in [0.25, 0.3) is 0 Å². The molecule has 2 atom stereocenters. The Morgan fingerprint density at radius 1 is 1.39 bits per heavy atom. The van der Waals surface area contributed by atoms with Crippen molar-refractivity contribution in [2.75, 3.05) is 18.0 Å². The van der Waals surface area contributed by atoms with Gasteiger partial charge in [0.05, 0.1) is 0 Å². The zero-order valence-electron chi connectivity index (χ0n) is 12.0. The van der Waals surface area contributed by atoms with Crippen molar-refractivity contribution in [3.63, 3.8) is 0 Å². The number of nitrogens with two attached hydrogens (primary N) is 1. The van der Waals surface area contributed by atoms with Crippen LogP contribution in [-0.4, -0.2) is 18.1 Å². The fourth-order valence-electron chi connectivity index (χ4n) is 2.53. The van der Waals surface area contributed by atoms with Crippen LogP contribution in [0.5, 0.6) is 0 Å². The summed E-state index contributed by atoms with van der Waals surface area (Å²) in [6, 6.07) is 4.26. The summed E-state index contributed by atoms with van der Waals surface area (Å²) in [5.74, 6) is 1.85. The van der Waals surface area contributed by atoms with Crippen LogP contribution < -0.4 is 10.6 Å². The van der Waals surface area contributed by atoms with Gasteiger partial charge in [0.1, 0.15) is 5.82 Å². The van der Waals surface area contributed by atoms with Crippen molar-refractivity contribution < 1.29 is 0 Å². The maximum atomic E-state index is 5.84. The summed E-state index contributed by atoms with van der Waals surface area (Å²) in [6.07, 6.45) is 3.17. The van der Waals surface area contributed by atoms with Gasteiger partial charge in [-0.05, 0) is 36.3 Å². The maximum absolute atomic E-state index is 5.84. The summed E-state index contributed by atoms with van der Waals surface area (Å²) in [5, 5.41) is 0. The van der Waals surface area contributed by atoms with Crippen LogP contribution in [0.2, 0.25) is 0 Å². The van der Waals surface area contributed by atoms with Crippen molar-refractivity contribution >= 4 is 5.82 Å². The Morgan fingerprint density at radius 2 is 2.11 bits per heavy atom. The second kappa shape index (κ2) is 4.88. The predicted octanol–water partition coefficient (Wildman–Crippen LogP) is 2.97. The summed E-state index contributed by atoms with van der Waals surface area (Å²) in [4.78, 5) is 6.93. The highest BCUT2D eigenvalue weighted by molar-refractivity contribution is 5.41. The molecule has 3 nitrogen and oxygen atoms in total. The molecular formula is C15H25N3. The van der Waals surface area contributed by atoms with Gasteiger partial charge in [0.15, 0.2) is 0 Å². The molecule has 0 spiro atoms. The fraction of sp³-hybridized carbons (Fsp3) is 0.667. The van der Waals surface area contributed by atoms with Crippen molar-refractivity contribution in [3.8, 4) is 0 Å². The van der Waals surface area contributed by atoms with E-state index in [1.807, 2.05) is 13.1 Å². The van der Waals surface area contributed by atoms with E-state index in [1.54, 1.807) is 0 Å². The summed E-state index contributed by atoms with van der Waals surface area (Å²) in [6.45, 7) is 11.2. The molecule has 1 aromatic heterocycles. The van der Waals surface area contributed by atoms with Gasteiger partial charge in [0.2, 0.25) is 0 Å². The van der Waals surface area contributed by atoms with Crippen molar-refractivity contribution in [1.29, 1.82) is 0 Å². The average molecular weight is 247 g/mol. The smallest absolute Gasteiger partial charge is 0.128 e. The van der Waals surface area contributed by atoms with E-state index < -0.39 is 0 Å². The standard InChI is InChI=1S/C15H25N3/c1-11(16)12-5-6-14(17-9-12)18-8-7-13(10-18)15(2,3)4/h5-6,9,11,13H,7-8,10,16H2,1-4H3. The SMILES string of the molecule is CC(N)c1ccc(N2CCC(C(C)(C)C)C2)nc1. The average Bonchev–Trinajstić information content (AvgIpc) is 2.78. The molecule has 0 amide bonds. The van der Waals surface area contributed by atoms with Gasteiger partial charge in [-0.1, -0.05) is 26.8 Å². The van der Waals surface area contributed by atoms with E-state index in [0.29, 0.717) is 5.41 Å². The molecular weight excluding hydrogens is 222 g/mol. The van der Waals surface area contributed by atoms with Gasteiger partial charge in [-0.25, -0.2) is 4.98 Å². The van der Waals surface area contributed by atoms with Crippen LogP contribution in [0.15, 0.2) is 18.3 Å². The quantitative estimate of drug-likeness (QED) is 0.873. The monoisotopic (exact) mass is 247 g/mol. The van der Waals surface area contributed by atoms with Gasteiger partial charge < -0.3 is 10.6 Å². The molecule has 2 heterocycles. The normalized spacial score (nSPS) is 22.3. The molecule has 0 aliphatic carbocycles.